The Hall–Kier alpha value is -1.23. The molecule has 1 aromatic carbocycles. The fraction of sp³-hybridized carbons (Fsp3) is 0.600. The highest BCUT2D eigenvalue weighted by Crippen LogP contribution is 2.28. The lowest BCUT2D eigenvalue weighted by Gasteiger charge is -2.26. The number of aryl methyl sites for hydroxylation is 1. The van der Waals surface area contributed by atoms with Gasteiger partial charge in [-0.15, -0.1) is 0 Å². The van der Waals surface area contributed by atoms with E-state index in [0.717, 1.165) is 5.56 Å². The molecule has 0 amide bonds. The molecule has 0 aliphatic heterocycles. The zero-order valence-electron chi connectivity index (χ0n) is 13.0. The van der Waals surface area contributed by atoms with Crippen LogP contribution in [-0.2, 0) is 10.0 Å². The summed E-state index contributed by atoms with van der Waals surface area (Å²) in [4.78, 5) is 0. The van der Waals surface area contributed by atoms with Crippen molar-refractivity contribution in [1.29, 1.82) is 0 Å². The number of anilines is 1. The monoisotopic (exact) mass is 299 g/mol. The topological polar surface area (TPSA) is 57.6 Å². The highest BCUT2D eigenvalue weighted by molar-refractivity contribution is 7.92. The second kappa shape index (κ2) is 6.04. The van der Waals surface area contributed by atoms with Gasteiger partial charge in [0.25, 0.3) is 0 Å². The van der Waals surface area contributed by atoms with Crippen molar-refractivity contribution in [3.05, 3.63) is 23.8 Å². The van der Waals surface area contributed by atoms with Crippen molar-refractivity contribution in [1.82, 2.24) is 0 Å². The van der Waals surface area contributed by atoms with E-state index in [1.807, 2.05) is 27.7 Å². The standard InChI is InChI=1S/C15H25NO3S/c1-6-16(14-11-13(17)8-7-12(14)2)20(18,19)10-9-15(3,4)5/h7-8,11,17H,6,9-10H2,1-5H3. The number of hydrogen-bond acceptors (Lipinski definition) is 3. The average Bonchev–Trinajstić information content (AvgIpc) is 2.31. The van der Waals surface area contributed by atoms with Crippen molar-refractivity contribution >= 4 is 15.7 Å². The third-order valence-corrected chi connectivity index (χ3v) is 5.04. The Balaban J connectivity index is 3.09. The number of aromatic hydroxyl groups is 1. The second-order valence-corrected chi connectivity index (χ2v) is 8.28. The van der Waals surface area contributed by atoms with E-state index in [0.29, 0.717) is 18.7 Å². The molecule has 0 spiro atoms. The summed E-state index contributed by atoms with van der Waals surface area (Å²) in [5, 5.41) is 9.59. The molecule has 0 aliphatic carbocycles. The van der Waals surface area contributed by atoms with Crippen LogP contribution in [0.4, 0.5) is 5.69 Å². The molecule has 1 N–H and O–H groups in total. The van der Waals surface area contributed by atoms with E-state index in [2.05, 4.69) is 0 Å². The van der Waals surface area contributed by atoms with Gasteiger partial charge in [-0.05, 0) is 37.3 Å². The van der Waals surface area contributed by atoms with Gasteiger partial charge in [0, 0.05) is 12.6 Å². The third kappa shape index (κ3) is 4.40. The van der Waals surface area contributed by atoms with Gasteiger partial charge in [-0.3, -0.25) is 4.31 Å². The van der Waals surface area contributed by atoms with Crippen LogP contribution in [0.5, 0.6) is 5.75 Å². The molecule has 4 nitrogen and oxygen atoms in total. The van der Waals surface area contributed by atoms with Crippen LogP contribution >= 0.6 is 0 Å². The predicted octanol–water partition coefficient (Wildman–Crippen LogP) is 3.29. The summed E-state index contributed by atoms with van der Waals surface area (Å²) in [5.74, 6) is 0.189. The Morgan fingerprint density at radius 3 is 2.35 bits per heavy atom. The Bertz CT molecular complexity index is 559. The predicted molar refractivity (Wildman–Crippen MR) is 83.7 cm³/mol. The van der Waals surface area contributed by atoms with Gasteiger partial charge >= 0.3 is 0 Å². The molecule has 0 bridgehead atoms. The van der Waals surface area contributed by atoms with Gasteiger partial charge in [-0.2, -0.15) is 0 Å². The summed E-state index contributed by atoms with van der Waals surface area (Å²) < 4.78 is 26.4. The van der Waals surface area contributed by atoms with E-state index in [4.69, 9.17) is 0 Å². The minimum atomic E-state index is -3.38. The van der Waals surface area contributed by atoms with Crippen LogP contribution in [-0.4, -0.2) is 25.8 Å². The van der Waals surface area contributed by atoms with Gasteiger partial charge < -0.3 is 5.11 Å². The lowest BCUT2D eigenvalue weighted by molar-refractivity contribution is 0.397. The highest BCUT2D eigenvalue weighted by Gasteiger charge is 2.25. The molecule has 0 fully saturated rings. The van der Waals surface area contributed by atoms with Gasteiger partial charge in [0.05, 0.1) is 11.4 Å². The number of nitrogens with zero attached hydrogens (tertiary/aromatic N) is 1. The first-order chi connectivity index (χ1) is 9.07. The molecule has 5 heteroatoms. The molecule has 20 heavy (non-hydrogen) atoms. The van der Waals surface area contributed by atoms with Crippen LogP contribution in [0.25, 0.3) is 0 Å². The summed E-state index contributed by atoms with van der Waals surface area (Å²) in [6.07, 6.45) is 0.601. The molecule has 1 aromatic rings. The van der Waals surface area contributed by atoms with Crippen molar-refractivity contribution in [2.75, 3.05) is 16.6 Å². The van der Waals surface area contributed by atoms with E-state index in [-0.39, 0.29) is 16.9 Å². The van der Waals surface area contributed by atoms with Gasteiger partial charge in [0.1, 0.15) is 5.75 Å². The normalized spacial score (nSPS) is 12.4. The molecule has 0 heterocycles. The quantitative estimate of drug-likeness (QED) is 0.907. The SMILES string of the molecule is CCN(c1cc(O)ccc1C)S(=O)(=O)CCC(C)(C)C. The fourth-order valence-corrected chi connectivity index (χ4v) is 3.91. The number of phenolic OH excluding ortho intramolecular Hbond substituents is 1. The van der Waals surface area contributed by atoms with Crippen molar-refractivity contribution in [3.8, 4) is 5.75 Å². The smallest absolute Gasteiger partial charge is 0.235 e. The van der Waals surface area contributed by atoms with Crippen LogP contribution in [0.3, 0.4) is 0 Å². The van der Waals surface area contributed by atoms with Crippen LogP contribution < -0.4 is 4.31 Å². The van der Waals surface area contributed by atoms with E-state index in [1.54, 1.807) is 19.1 Å². The van der Waals surface area contributed by atoms with Crippen LogP contribution in [0, 0.1) is 12.3 Å². The van der Waals surface area contributed by atoms with Gasteiger partial charge in [-0.25, -0.2) is 8.42 Å². The Morgan fingerprint density at radius 2 is 1.85 bits per heavy atom. The first kappa shape index (κ1) is 16.8. The van der Waals surface area contributed by atoms with Crippen LogP contribution in [0.2, 0.25) is 0 Å². The van der Waals surface area contributed by atoms with E-state index in [9.17, 15) is 13.5 Å². The molecule has 0 atom stereocenters. The van der Waals surface area contributed by atoms with Crippen molar-refractivity contribution in [2.24, 2.45) is 5.41 Å². The molecule has 0 unspecified atom stereocenters. The number of phenols is 1. The van der Waals surface area contributed by atoms with E-state index < -0.39 is 10.0 Å². The van der Waals surface area contributed by atoms with E-state index in [1.165, 1.54) is 10.4 Å². The van der Waals surface area contributed by atoms with Gasteiger partial charge in [0.15, 0.2) is 0 Å². The minimum Gasteiger partial charge on any atom is -0.508 e. The molecule has 0 radical (unpaired) electrons. The molecule has 114 valence electrons. The number of rotatable bonds is 5. The number of sulfonamides is 1. The summed E-state index contributed by atoms with van der Waals surface area (Å²) in [5.41, 5.74) is 1.37. The zero-order chi connectivity index (χ0) is 15.6. The second-order valence-electron chi connectivity index (χ2n) is 6.26. The molecule has 1 rings (SSSR count). The number of benzene rings is 1. The van der Waals surface area contributed by atoms with Crippen LogP contribution in [0.1, 0.15) is 39.7 Å². The molecular weight excluding hydrogens is 274 g/mol. The maximum atomic E-state index is 12.5. The van der Waals surface area contributed by atoms with Gasteiger partial charge in [-0.1, -0.05) is 26.8 Å². The van der Waals surface area contributed by atoms with Crippen molar-refractivity contribution in [3.63, 3.8) is 0 Å². The summed E-state index contributed by atoms with van der Waals surface area (Å²) in [7, 11) is -3.38. The Labute approximate surface area is 122 Å². The molecule has 0 saturated carbocycles. The average molecular weight is 299 g/mol. The largest absolute Gasteiger partial charge is 0.508 e. The highest BCUT2D eigenvalue weighted by atomic mass is 32.2. The van der Waals surface area contributed by atoms with Gasteiger partial charge in [0.2, 0.25) is 10.0 Å². The summed E-state index contributed by atoms with van der Waals surface area (Å²) in [6.45, 7) is 10.1. The van der Waals surface area contributed by atoms with Crippen molar-refractivity contribution in [2.45, 2.75) is 41.0 Å². The summed E-state index contributed by atoms with van der Waals surface area (Å²) >= 11 is 0. The number of hydrogen-bond donors (Lipinski definition) is 1. The molecule has 0 saturated heterocycles. The molecular formula is C15H25NO3S. The lowest BCUT2D eigenvalue weighted by atomic mass is 9.94. The first-order valence-electron chi connectivity index (χ1n) is 6.87. The minimum absolute atomic E-state index is 0.0274. The zero-order valence-corrected chi connectivity index (χ0v) is 13.8. The third-order valence-electron chi connectivity index (χ3n) is 3.19. The van der Waals surface area contributed by atoms with Crippen LogP contribution in [0.15, 0.2) is 18.2 Å². The first-order valence-corrected chi connectivity index (χ1v) is 8.48. The Morgan fingerprint density at radius 1 is 1.25 bits per heavy atom. The summed E-state index contributed by atoms with van der Waals surface area (Å²) in [6, 6.07) is 4.80. The molecule has 0 aromatic heterocycles. The fourth-order valence-electron chi connectivity index (χ4n) is 1.93. The van der Waals surface area contributed by atoms with Crippen molar-refractivity contribution < 1.29 is 13.5 Å². The van der Waals surface area contributed by atoms with E-state index >= 15 is 0 Å². The molecule has 0 aliphatic rings. The maximum Gasteiger partial charge on any atom is 0.235 e. The lowest BCUT2D eigenvalue weighted by Crippen LogP contribution is -2.34. The maximum absolute atomic E-state index is 12.5. The Kier molecular flexibility index (Phi) is 5.08.